The lowest BCUT2D eigenvalue weighted by Crippen LogP contribution is -2.08. The first-order chi connectivity index (χ1) is 9.15. The lowest BCUT2D eigenvalue weighted by Gasteiger charge is -2.11. The summed E-state index contributed by atoms with van der Waals surface area (Å²) in [4.78, 5) is 19.1. The molecule has 98 valence electrons. The van der Waals surface area contributed by atoms with Gasteiger partial charge in [0.25, 0.3) is 0 Å². The molecule has 1 aromatic heterocycles. The third-order valence-electron chi connectivity index (χ3n) is 2.67. The maximum Gasteiger partial charge on any atom is 0.221 e. The van der Waals surface area contributed by atoms with E-state index in [1.807, 2.05) is 31.2 Å². The van der Waals surface area contributed by atoms with Crippen LogP contribution in [0.2, 0.25) is 0 Å². The number of nitrogens with one attached hydrogen (secondary N) is 2. The highest BCUT2D eigenvalue weighted by atomic mass is 16.1. The highest BCUT2D eigenvalue weighted by molar-refractivity contribution is 5.90. The summed E-state index contributed by atoms with van der Waals surface area (Å²) in [6.07, 6.45) is 3.23. The van der Waals surface area contributed by atoms with E-state index in [9.17, 15) is 4.79 Å². The van der Waals surface area contributed by atoms with Gasteiger partial charge in [0.1, 0.15) is 6.33 Å². The van der Waals surface area contributed by atoms with Gasteiger partial charge in [-0.15, -0.1) is 0 Å². The zero-order valence-electron chi connectivity index (χ0n) is 11.0. The zero-order valence-corrected chi connectivity index (χ0v) is 11.0. The summed E-state index contributed by atoms with van der Waals surface area (Å²) < 4.78 is 0. The molecule has 1 heterocycles. The van der Waals surface area contributed by atoms with Crippen molar-refractivity contribution in [1.29, 1.82) is 0 Å². The lowest BCUT2D eigenvalue weighted by atomic mass is 10.1. The molecule has 19 heavy (non-hydrogen) atoms. The first-order valence-corrected chi connectivity index (χ1v) is 6.02. The number of nitrogens with zero attached hydrogens (tertiary/aromatic N) is 2. The Morgan fingerprint density at radius 2 is 2.16 bits per heavy atom. The van der Waals surface area contributed by atoms with Crippen molar-refractivity contribution in [2.45, 2.75) is 20.4 Å². The van der Waals surface area contributed by atoms with Crippen LogP contribution >= 0.6 is 0 Å². The molecule has 0 aliphatic rings. The Bertz CT molecular complexity index is 569. The second-order valence-electron chi connectivity index (χ2n) is 4.27. The van der Waals surface area contributed by atoms with E-state index in [1.165, 1.54) is 13.3 Å². The highest BCUT2D eigenvalue weighted by Gasteiger charge is 2.02. The van der Waals surface area contributed by atoms with Crippen LogP contribution in [0.15, 0.2) is 36.8 Å². The molecule has 1 aromatic carbocycles. The van der Waals surface area contributed by atoms with Crippen LogP contribution in [0.4, 0.5) is 11.4 Å². The number of carbonyl (C=O) groups is 1. The van der Waals surface area contributed by atoms with Crippen molar-refractivity contribution in [3.63, 3.8) is 0 Å². The van der Waals surface area contributed by atoms with Crippen LogP contribution in [-0.2, 0) is 11.3 Å². The number of aryl methyl sites for hydroxylation is 1. The third kappa shape index (κ3) is 3.77. The van der Waals surface area contributed by atoms with Gasteiger partial charge in [-0.1, -0.05) is 6.07 Å². The van der Waals surface area contributed by atoms with E-state index >= 15 is 0 Å². The Kier molecular flexibility index (Phi) is 4.07. The lowest BCUT2D eigenvalue weighted by molar-refractivity contribution is -0.114. The smallest absolute Gasteiger partial charge is 0.221 e. The van der Waals surface area contributed by atoms with Gasteiger partial charge in [-0.2, -0.15) is 0 Å². The monoisotopic (exact) mass is 256 g/mol. The van der Waals surface area contributed by atoms with Crippen molar-refractivity contribution in [3.05, 3.63) is 48.0 Å². The molecule has 2 N–H and O–H groups in total. The molecule has 0 saturated heterocycles. The number of aromatic nitrogens is 2. The number of amides is 1. The summed E-state index contributed by atoms with van der Waals surface area (Å²) in [6.45, 7) is 4.07. The average Bonchev–Trinajstić information content (AvgIpc) is 2.40. The molecule has 0 bridgehead atoms. The number of hydrogen-bond donors (Lipinski definition) is 2. The fraction of sp³-hybridized carbons (Fsp3) is 0.214. The molecular formula is C14H16N4O. The second kappa shape index (κ2) is 5.95. The number of rotatable bonds is 4. The van der Waals surface area contributed by atoms with Crippen LogP contribution in [-0.4, -0.2) is 15.9 Å². The van der Waals surface area contributed by atoms with Crippen molar-refractivity contribution < 1.29 is 4.79 Å². The molecule has 0 radical (unpaired) electrons. The zero-order chi connectivity index (χ0) is 13.7. The van der Waals surface area contributed by atoms with Gasteiger partial charge in [-0.25, -0.2) is 9.97 Å². The molecular weight excluding hydrogens is 240 g/mol. The fourth-order valence-electron chi connectivity index (χ4n) is 1.67. The molecule has 0 spiro atoms. The van der Waals surface area contributed by atoms with Gasteiger partial charge in [0.05, 0.1) is 12.2 Å². The highest BCUT2D eigenvalue weighted by Crippen LogP contribution is 2.20. The van der Waals surface area contributed by atoms with Crippen LogP contribution in [0.3, 0.4) is 0 Å². The van der Waals surface area contributed by atoms with Gasteiger partial charge in [-0.3, -0.25) is 4.79 Å². The largest absolute Gasteiger partial charge is 0.379 e. The van der Waals surface area contributed by atoms with Crippen LogP contribution < -0.4 is 10.6 Å². The summed E-state index contributed by atoms with van der Waals surface area (Å²) >= 11 is 0. The van der Waals surface area contributed by atoms with Crippen LogP contribution in [0.1, 0.15) is 18.2 Å². The maximum atomic E-state index is 11.1. The standard InChI is InChI=1S/C14H16N4O/c1-10-3-4-12(7-14(10)18-11(2)19)16-8-13-5-6-15-9-17-13/h3-7,9,16H,8H2,1-2H3,(H,18,19). The van der Waals surface area contributed by atoms with Gasteiger partial charge in [0.15, 0.2) is 0 Å². The number of carbonyl (C=O) groups excluding carboxylic acids is 1. The Balaban J connectivity index is 2.06. The summed E-state index contributed by atoms with van der Waals surface area (Å²) in [7, 11) is 0. The normalized spacial score (nSPS) is 10.0. The molecule has 1 amide bonds. The Morgan fingerprint density at radius 3 is 2.84 bits per heavy atom. The van der Waals surface area contributed by atoms with Gasteiger partial charge in [0.2, 0.25) is 5.91 Å². The van der Waals surface area contributed by atoms with E-state index in [0.717, 1.165) is 22.6 Å². The molecule has 0 atom stereocenters. The summed E-state index contributed by atoms with van der Waals surface area (Å²) in [6, 6.07) is 7.71. The van der Waals surface area contributed by atoms with Crippen molar-refractivity contribution in [1.82, 2.24) is 9.97 Å². The SMILES string of the molecule is CC(=O)Nc1cc(NCc2ccncn2)ccc1C. The van der Waals surface area contributed by atoms with E-state index in [2.05, 4.69) is 20.6 Å². The quantitative estimate of drug-likeness (QED) is 0.881. The van der Waals surface area contributed by atoms with E-state index in [-0.39, 0.29) is 5.91 Å². The van der Waals surface area contributed by atoms with E-state index in [1.54, 1.807) is 6.20 Å². The predicted octanol–water partition coefficient (Wildman–Crippen LogP) is 2.36. The topological polar surface area (TPSA) is 66.9 Å². The minimum absolute atomic E-state index is 0.0731. The molecule has 2 rings (SSSR count). The van der Waals surface area contributed by atoms with Crippen molar-refractivity contribution in [3.8, 4) is 0 Å². The van der Waals surface area contributed by atoms with E-state index < -0.39 is 0 Å². The van der Waals surface area contributed by atoms with E-state index in [0.29, 0.717) is 6.54 Å². The van der Waals surface area contributed by atoms with Crippen molar-refractivity contribution in [2.24, 2.45) is 0 Å². The van der Waals surface area contributed by atoms with E-state index in [4.69, 9.17) is 0 Å². The second-order valence-corrected chi connectivity index (χ2v) is 4.27. The minimum Gasteiger partial charge on any atom is -0.379 e. The van der Waals surface area contributed by atoms with Crippen molar-refractivity contribution in [2.75, 3.05) is 10.6 Å². The first kappa shape index (κ1) is 13.0. The first-order valence-electron chi connectivity index (χ1n) is 6.02. The Hall–Kier alpha value is -2.43. The molecule has 2 aromatic rings. The van der Waals surface area contributed by atoms with Crippen LogP contribution in [0.5, 0.6) is 0 Å². The summed E-state index contributed by atoms with van der Waals surface area (Å²) in [5, 5.41) is 6.07. The third-order valence-corrected chi connectivity index (χ3v) is 2.67. The Labute approximate surface area is 112 Å². The van der Waals surface area contributed by atoms with Crippen LogP contribution in [0.25, 0.3) is 0 Å². The Morgan fingerprint density at radius 1 is 1.32 bits per heavy atom. The summed E-state index contributed by atoms with van der Waals surface area (Å²) in [5.74, 6) is -0.0731. The molecule has 0 aliphatic heterocycles. The number of benzene rings is 1. The van der Waals surface area contributed by atoms with Gasteiger partial charge in [0, 0.05) is 24.5 Å². The fourth-order valence-corrected chi connectivity index (χ4v) is 1.67. The molecule has 5 heteroatoms. The van der Waals surface area contributed by atoms with Gasteiger partial charge in [-0.05, 0) is 30.7 Å². The minimum atomic E-state index is -0.0731. The molecule has 0 aliphatic carbocycles. The summed E-state index contributed by atoms with van der Waals surface area (Å²) in [5.41, 5.74) is 3.70. The number of anilines is 2. The molecule has 0 fully saturated rings. The number of hydrogen-bond acceptors (Lipinski definition) is 4. The van der Waals surface area contributed by atoms with Gasteiger partial charge >= 0.3 is 0 Å². The van der Waals surface area contributed by atoms with Crippen molar-refractivity contribution >= 4 is 17.3 Å². The predicted molar refractivity (Wildman–Crippen MR) is 74.8 cm³/mol. The maximum absolute atomic E-state index is 11.1. The average molecular weight is 256 g/mol. The van der Waals surface area contributed by atoms with Crippen LogP contribution in [0, 0.1) is 6.92 Å². The molecule has 5 nitrogen and oxygen atoms in total. The van der Waals surface area contributed by atoms with Gasteiger partial charge < -0.3 is 10.6 Å². The molecule has 0 saturated carbocycles. The molecule has 0 unspecified atom stereocenters.